The molecule has 0 fully saturated rings. The fraction of sp³-hybridized carbons (Fsp3) is 0.647. The van der Waals surface area contributed by atoms with E-state index in [0.717, 1.165) is 25.3 Å². The number of aliphatic hydroxyl groups excluding tert-OH is 1. The van der Waals surface area contributed by atoms with Crippen LogP contribution in [0.2, 0.25) is 5.02 Å². The third-order valence-electron chi connectivity index (χ3n) is 3.06. The summed E-state index contributed by atoms with van der Waals surface area (Å²) >= 11 is 5.80. The van der Waals surface area contributed by atoms with Gasteiger partial charge in [-0.15, -0.1) is 0 Å². The first-order valence-electron chi connectivity index (χ1n) is 8.15. The Morgan fingerprint density at radius 3 is 2.57 bits per heavy atom. The minimum atomic E-state index is -0.462. The van der Waals surface area contributed by atoms with Crippen LogP contribution in [0.3, 0.4) is 0 Å². The lowest BCUT2D eigenvalue weighted by atomic mass is 10.3. The van der Waals surface area contributed by atoms with Crippen LogP contribution < -0.4 is 10.1 Å². The normalized spacial score (nSPS) is 12.6. The predicted molar refractivity (Wildman–Crippen MR) is 91.1 cm³/mol. The summed E-state index contributed by atoms with van der Waals surface area (Å²) in [5.41, 5.74) is 0. The summed E-state index contributed by atoms with van der Waals surface area (Å²) in [4.78, 5) is 0. The highest BCUT2D eigenvalue weighted by molar-refractivity contribution is 6.30. The average molecular weight is 347 g/mol. The molecule has 0 aromatic heterocycles. The van der Waals surface area contributed by atoms with Gasteiger partial charge in [-0.1, -0.05) is 11.6 Å². The topological polar surface area (TPSA) is 64.5 Å². The summed E-state index contributed by atoms with van der Waals surface area (Å²) in [5, 5.41) is 12.6. The first kappa shape index (κ1) is 20.2. The van der Waals surface area contributed by atoms with Crippen LogP contribution in [0.25, 0.3) is 0 Å². The van der Waals surface area contributed by atoms with Gasteiger partial charge in [0.05, 0.1) is 32.5 Å². The molecule has 0 unspecified atom stereocenters. The number of ether oxygens (including phenoxy) is 3. The van der Waals surface area contributed by atoms with Crippen LogP contribution in [0, 0.1) is 0 Å². The van der Waals surface area contributed by atoms with Crippen molar-refractivity contribution < 1.29 is 24.6 Å². The molecule has 1 aromatic carbocycles. The van der Waals surface area contributed by atoms with Crippen LogP contribution >= 0.6 is 11.6 Å². The van der Waals surface area contributed by atoms with Crippen LogP contribution in [-0.4, -0.2) is 56.8 Å². The predicted octanol–water partition coefficient (Wildman–Crippen LogP) is 1.47. The molecule has 3 N–H and O–H groups in total. The van der Waals surface area contributed by atoms with Gasteiger partial charge in [-0.2, -0.15) is 0 Å². The number of benzene rings is 1. The Kier molecular flexibility index (Phi) is 11.0. The van der Waals surface area contributed by atoms with Crippen molar-refractivity contribution in [3.63, 3.8) is 0 Å². The second-order valence-corrected chi connectivity index (χ2v) is 6.05. The molecule has 1 atom stereocenters. The Morgan fingerprint density at radius 1 is 1.13 bits per heavy atom. The third-order valence-corrected chi connectivity index (χ3v) is 3.31. The number of rotatable bonds is 13. The first-order valence-corrected chi connectivity index (χ1v) is 8.53. The van der Waals surface area contributed by atoms with Gasteiger partial charge in [0, 0.05) is 11.4 Å². The van der Waals surface area contributed by atoms with E-state index < -0.39 is 6.10 Å². The third kappa shape index (κ3) is 11.3. The van der Waals surface area contributed by atoms with E-state index >= 15 is 0 Å². The minimum Gasteiger partial charge on any atom is -0.491 e. The van der Waals surface area contributed by atoms with Crippen molar-refractivity contribution in [1.82, 2.24) is 0 Å². The smallest absolute Gasteiger partial charge is 0.126 e. The number of nitrogens with two attached hydrogens (primary N) is 1. The molecule has 23 heavy (non-hydrogen) atoms. The Hall–Kier alpha value is -0.850. The maximum absolute atomic E-state index is 9.80. The highest BCUT2D eigenvalue weighted by Crippen LogP contribution is 2.15. The summed E-state index contributed by atoms with van der Waals surface area (Å²) in [6.45, 7) is 7.63. The van der Waals surface area contributed by atoms with Crippen molar-refractivity contribution in [2.24, 2.45) is 0 Å². The number of hydrogen-bond acceptors (Lipinski definition) is 4. The molecule has 0 aliphatic rings. The molecule has 0 aliphatic carbocycles. The zero-order valence-electron chi connectivity index (χ0n) is 14.0. The zero-order valence-corrected chi connectivity index (χ0v) is 14.8. The fourth-order valence-electron chi connectivity index (χ4n) is 1.89. The SMILES string of the molecule is CC(C)OCCC[NH2+]C[C@@H](O)COCCOc1ccc(Cl)cc1. The van der Waals surface area contributed by atoms with Crippen molar-refractivity contribution in [3.8, 4) is 5.75 Å². The molecule has 0 bridgehead atoms. The largest absolute Gasteiger partial charge is 0.491 e. The molecule has 0 amide bonds. The lowest BCUT2D eigenvalue weighted by Crippen LogP contribution is -2.86. The second-order valence-electron chi connectivity index (χ2n) is 5.62. The molecule has 0 spiro atoms. The number of quaternary nitrogens is 1. The average Bonchev–Trinajstić information content (AvgIpc) is 2.52. The van der Waals surface area contributed by atoms with Crippen LogP contribution in [0.15, 0.2) is 24.3 Å². The van der Waals surface area contributed by atoms with Gasteiger partial charge in [-0.25, -0.2) is 0 Å². The molecule has 132 valence electrons. The van der Waals surface area contributed by atoms with Gasteiger partial charge in [0.2, 0.25) is 0 Å². The molecule has 5 nitrogen and oxygen atoms in total. The maximum atomic E-state index is 9.80. The van der Waals surface area contributed by atoms with E-state index in [1.165, 1.54) is 0 Å². The van der Waals surface area contributed by atoms with E-state index in [2.05, 4.69) is 5.32 Å². The van der Waals surface area contributed by atoms with E-state index in [0.29, 0.717) is 31.4 Å². The van der Waals surface area contributed by atoms with Crippen LogP contribution in [-0.2, 0) is 9.47 Å². The molecule has 1 rings (SSSR count). The fourth-order valence-corrected chi connectivity index (χ4v) is 2.02. The van der Waals surface area contributed by atoms with Crippen LogP contribution in [0.1, 0.15) is 20.3 Å². The van der Waals surface area contributed by atoms with Crippen molar-refractivity contribution in [2.75, 3.05) is 39.5 Å². The van der Waals surface area contributed by atoms with Crippen molar-refractivity contribution in [3.05, 3.63) is 29.3 Å². The molecular weight excluding hydrogens is 318 g/mol. The molecule has 0 saturated carbocycles. The van der Waals surface area contributed by atoms with Crippen molar-refractivity contribution in [1.29, 1.82) is 0 Å². The van der Waals surface area contributed by atoms with E-state index in [-0.39, 0.29) is 6.10 Å². The van der Waals surface area contributed by atoms with Gasteiger partial charge in [0.15, 0.2) is 0 Å². The van der Waals surface area contributed by atoms with E-state index in [1.807, 2.05) is 26.0 Å². The van der Waals surface area contributed by atoms with Crippen LogP contribution in [0.5, 0.6) is 5.75 Å². The monoisotopic (exact) mass is 346 g/mol. The highest BCUT2D eigenvalue weighted by Gasteiger charge is 2.06. The minimum absolute atomic E-state index is 0.282. The summed E-state index contributed by atoms with van der Waals surface area (Å²) in [5.74, 6) is 0.760. The van der Waals surface area contributed by atoms with E-state index in [1.54, 1.807) is 12.1 Å². The summed E-state index contributed by atoms with van der Waals surface area (Å²) in [7, 11) is 0. The Bertz CT molecular complexity index is 400. The van der Waals surface area contributed by atoms with Gasteiger partial charge >= 0.3 is 0 Å². The molecular formula is C17H29ClNO4+. The van der Waals surface area contributed by atoms with Gasteiger partial charge in [0.1, 0.15) is 25.0 Å². The molecule has 6 heteroatoms. The quantitative estimate of drug-likeness (QED) is 0.531. The van der Waals surface area contributed by atoms with Gasteiger partial charge in [0.25, 0.3) is 0 Å². The van der Waals surface area contributed by atoms with E-state index in [9.17, 15) is 5.11 Å². The summed E-state index contributed by atoms with van der Waals surface area (Å²) < 4.78 is 16.4. The van der Waals surface area contributed by atoms with Crippen molar-refractivity contribution >= 4 is 11.6 Å². The first-order chi connectivity index (χ1) is 11.1. The summed E-state index contributed by atoms with van der Waals surface area (Å²) in [6.07, 6.45) is 0.807. The van der Waals surface area contributed by atoms with Gasteiger partial charge in [-0.3, -0.25) is 0 Å². The van der Waals surface area contributed by atoms with Crippen LogP contribution in [0.4, 0.5) is 0 Å². The van der Waals surface area contributed by atoms with Crippen molar-refractivity contribution in [2.45, 2.75) is 32.5 Å². The highest BCUT2D eigenvalue weighted by atomic mass is 35.5. The molecule has 0 aliphatic heterocycles. The number of halogens is 1. The molecule has 0 saturated heterocycles. The van der Waals surface area contributed by atoms with Gasteiger partial charge < -0.3 is 24.6 Å². The van der Waals surface area contributed by atoms with E-state index in [4.69, 9.17) is 25.8 Å². The molecule has 0 radical (unpaired) electrons. The standard InChI is InChI=1S/C17H28ClNO4/c1-14(2)22-9-3-8-19-12-16(20)13-21-10-11-23-17-6-4-15(18)5-7-17/h4-7,14,16,19-20H,3,8-13H2,1-2H3/p+1/t16-/m1/s1. The number of hydrogen-bond donors (Lipinski definition) is 2. The maximum Gasteiger partial charge on any atom is 0.126 e. The number of aliphatic hydroxyl groups is 1. The van der Waals surface area contributed by atoms with Gasteiger partial charge in [-0.05, 0) is 38.1 Å². The Balaban J connectivity index is 1.91. The second kappa shape index (κ2) is 12.6. The zero-order chi connectivity index (χ0) is 16.9. The summed E-state index contributed by atoms with van der Waals surface area (Å²) in [6, 6.07) is 7.19. The molecule has 1 aromatic rings. The lowest BCUT2D eigenvalue weighted by Gasteiger charge is -2.11. The Morgan fingerprint density at radius 2 is 1.87 bits per heavy atom. The molecule has 0 heterocycles. The lowest BCUT2D eigenvalue weighted by molar-refractivity contribution is -0.661. The Labute approximate surface area is 143 Å².